The quantitative estimate of drug-likeness (QED) is 0.802. The van der Waals surface area contributed by atoms with E-state index in [0.717, 1.165) is 31.7 Å². The molecule has 17 heavy (non-hydrogen) atoms. The lowest BCUT2D eigenvalue weighted by molar-refractivity contribution is -0.144. The first-order valence-corrected chi connectivity index (χ1v) is 7.22. The van der Waals surface area contributed by atoms with Gasteiger partial charge >= 0.3 is 5.97 Å². The monoisotopic (exact) mass is 239 g/mol. The van der Waals surface area contributed by atoms with Crippen molar-refractivity contribution in [1.29, 1.82) is 0 Å². The summed E-state index contributed by atoms with van der Waals surface area (Å²) in [6.07, 6.45) is 9.35. The van der Waals surface area contributed by atoms with E-state index >= 15 is 0 Å². The summed E-state index contributed by atoms with van der Waals surface area (Å²) in [5, 5.41) is 9.41. The molecular formula is C14H25NO2. The Hall–Kier alpha value is -0.570. The predicted octanol–water partition coefficient (Wildman–Crippen LogP) is 2.89. The maximum absolute atomic E-state index is 11.4. The molecule has 0 aromatic heterocycles. The van der Waals surface area contributed by atoms with Gasteiger partial charge in [0, 0.05) is 6.04 Å². The maximum Gasteiger partial charge on any atom is 0.320 e. The number of likely N-dealkylation sites (tertiary alicyclic amines) is 1. The number of hydrogen-bond acceptors (Lipinski definition) is 2. The van der Waals surface area contributed by atoms with Crippen LogP contribution >= 0.6 is 0 Å². The Morgan fingerprint density at radius 2 is 2.12 bits per heavy atom. The largest absolute Gasteiger partial charge is 0.480 e. The fourth-order valence-electron chi connectivity index (χ4n) is 3.66. The highest BCUT2D eigenvalue weighted by atomic mass is 16.4. The van der Waals surface area contributed by atoms with Gasteiger partial charge < -0.3 is 5.11 Å². The fraction of sp³-hybridized carbons (Fsp3) is 0.929. The second-order valence-corrected chi connectivity index (χ2v) is 5.63. The van der Waals surface area contributed by atoms with Crippen molar-refractivity contribution in [3.05, 3.63) is 0 Å². The second kappa shape index (κ2) is 5.85. The molecule has 0 aromatic rings. The van der Waals surface area contributed by atoms with Crippen LogP contribution in [-0.2, 0) is 4.79 Å². The molecule has 1 aliphatic carbocycles. The molecule has 3 unspecified atom stereocenters. The highest BCUT2D eigenvalue weighted by Gasteiger charge is 2.40. The molecule has 1 heterocycles. The van der Waals surface area contributed by atoms with E-state index in [9.17, 15) is 9.90 Å². The summed E-state index contributed by atoms with van der Waals surface area (Å²) in [6.45, 7) is 3.14. The van der Waals surface area contributed by atoms with Gasteiger partial charge in [-0.2, -0.15) is 0 Å². The number of carboxylic acids is 1. The Morgan fingerprint density at radius 3 is 2.82 bits per heavy atom. The Labute approximate surface area is 104 Å². The first-order chi connectivity index (χ1) is 8.24. The molecule has 2 rings (SSSR count). The zero-order valence-corrected chi connectivity index (χ0v) is 10.9. The Balaban J connectivity index is 2.00. The van der Waals surface area contributed by atoms with Crippen LogP contribution in [0.3, 0.4) is 0 Å². The van der Waals surface area contributed by atoms with E-state index in [-0.39, 0.29) is 6.04 Å². The first kappa shape index (κ1) is 12.9. The van der Waals surface area contributed by atoms with Crippen LogP contribution in [0.5, 0.6) is 0 Å². The molecule has 1 saturated heterocycles. The lowest BCUT2D eigenvalue weighted by Crippen LogP contribution is -2.46. The average molecular weight is 239 g/mol. The van der Waals surface area contributed by atoms with Crippen molar-refractivity contribution in [2.75, 3.05) is 6.54 Å². The molecule has 98 valence electrons. The number of fused-ring (bicyclic) bond motifs is 1. The Bertz CT molecular complexity index is 267. The lowest BCUT2D eigenvalue weighted by Gasteiger charge is -2.35. The zero-order chi connectivity index (χ0) is 12.3. The summed E-state index contributed by atoms with van der Waals surface area (Å²) in [4.78, 5) is 13.7. The minimum atomic E-state index is -0.607. The van der Waals surface area contributed by atoms with Gasteiger partial charge in [0.2, 0.25) is 0 Å². The molecule has 3 nitrogen and oxygen atoms in total. The van der Waals surface area contributed by atoms with Gasteiger partial charge in [-0.15, -0.1) is 0 Å². The van der Waals surface area contributed by atoms with Gasteiger partial charge in [0.15, 0.2) is 0 Å². The SMILES string of the molecule is CCCCC(C(=O)O)N1CCC2CCCCC21. The van der Waals surface area contributed by atoms with Gasteiger partial charge in [-0.3, -0.25) is 9.69 Å². The van der Waals surface area contributed by atoms with Gasteiger partial charge in [0.1, 0.15) is 6.04 Å². The van der Waals surface area contributed by atoms with Gasteiger partial charge in [-0.05, 0) is 38.1 Å². The molecule has 2 aliphatic rings. The van der Waals surface area contributed by atoms with Crippen LogP contribution in [0.1, 0.15) is 58.3 Å². The highest BCUT2D eigenvalue weighted by molar-refractivity contribution is 5.73. The van der Waals surface area contributed by atoms with E-state index < -0.39 is 5.97 Å². The number of unbranched alkanes of at least 4 members (excludes halogenated alkanes) is 1. The van der Waals surface area contributed by atoms with Crippen LogP contribution in [-0.4, -0.2) is 34.6 Å². The molecule has 0 radical (unpaired) electrons. The van der Waals surface area contributed by atoms with Crippen LogP contribution < -0.4 is 0 Å². The van der Waals surface area contributed by atoms with Crippen LogP contribution in [0, 0.1) is 5.92 Å². The molecular weight excluding hydrogens is 214 g/mol. The summed E-state index contributed by atoms with van der Waals surface area (Å²) in [5.74, 6) is 0.178. The molecule has 1 saturated carbocycles. The Morgan fingerprint density at radius 1 is 1.35 bits per heavy atom. The van der Waals surface area contributed by atoms with Crippen molar-refractivity contribution in [1.82, 2.24) is 4.90 Å². The normalized spacial score (nSPS) is 31.1. The second-order valence-electron chi connectivity index (χ2n) is 5.63. The first-order valence-electron chi connectivity index (χ1n) is 7.22. The molecule has 0 spiro atoms. The predicted molar refractivity (Wildman–Crippen MR) is 68.0 cm³/mol. The third kappa shape index (κ3) is 2.82. The third-order valence-corrected chi connectivity index (χ3v) is 4.57. The van der Waals surface area contributed by atoms with Gasteiger partial charge in [-0.25, -0.2) is 0 Å². The highest BCUT2D eigenvalue weighted by Crippen LogP contribution is 2.37. The van der Waals surface area contributed by atoms with Gasteiger partial charge in [0.25, 0.3) is 0 Å². The number of aliphatic carboxylic acids is 1. The van der Waals surface area contributed by atoms with Crippen LogP contribution in [0.2, 0.25) is 0 Å². The topological polar surface area (TPSA) is 40.5 Å². The maximum atomic E-state index is 11.4. The number of nitrogens with zero attached hydrogens (tertiary/aromatic N) is 1. The summed E-state index contributed by atoms with van der Waals surface area (Å²) in [6, 6.07) is 0.352. The molecule has 3 heteroatoms. The van der Waals surface area contributed by atoms with Crippen molar-refractivity contribution in [2.24, 2.45) is 5.92 Å². The zero-order valence-electron chi connectivity index (χ0n) is 10.9. The summed E-state index contributed by atoms with van der Waals surface area (Å²) < 4.78 is 0. The molecule has 1 aliphatic heterocycles. The summed E-state index contributed by atoms with van der Waals surface area (Å²) in [5.41, 5.74) is 0. The Kier molecular flexibility index (Phi) is 4.43. The molecule has 3 atom stereocenters. The molecule has 2 fully saturated rings. The number of carbonyl (C=O) groups is 1. The van der Waals surface area contributed by atoms with Crippen molar-refractivity contribution >= 4 is 5.97 Å². The fourth-order valence-corrected chi connectivity index (χ4v) is 3.66. The molecule has 0 bridgehead atoms. The van der Waals surface area contributed by atoms with Crippen LogP contribution in [0.4, 0.5) is 0 Å². The van der Waals surface area contributed by atoms with E-state index in [2.05, 4.69) is 11.8 Å². The number of rotatable bonds is 5. The summed E-state index contributed by atoms with van der Waals surface area (Å²) >= 11 is 0. The van der Waals surface area contributed by atoms with E-state index in [1.54, 1.807) is 0 Å². The summed E-state index contributed by atoms with van der Waals surface area (Å²) in [7, 11) is 0. The van der Waals surface area contributed by atoms with Crippen molar-refractivity contribution in [2.45, 2.75) is 70.4 Å². The molecule has 0 aromatic carbocycles. The number of hydrogen-bond donors (Lipinski definition) is 1. The minimum absolute atomic E-state index is 0.219. The van der Waals surface area contributed by atoms with E-state index in [1.165, 1.54) is 32.1 Å². The molecule has 1 N–H and O–H groups in total. The van der Waals surface area contributed by atoms with Crippen LogP contribution in [0.25, 0.3) is 0 Å². The van der Waals surface area contributed by atoms with Gasteiger partial charge in [-0.1, -0.05) is 32.6 Å². The average Bonchev–Trinajstić information content (AvgIpc) is 2.73. The third-order valence-electron chi connectivity index (χ3n) is 4.57. The molecule has 0 amide bonds. The van der Waals surface area contributed by atoms with Crippen molar-refractivity contribution < 1.29 is 9.90 Å². The number of carboxylic acid groups (broad SMARTS) is 1. The smallest absolute Gasteiger partial charge is 0.320 e. The van der Waals surface area contributed by atoms with Gasteiger partial charge in [0.05, 0.1) is 0 Å². The van der Waals surface area contributed by atoms with E-state index in [4.69, 9.17) is 0 Å². The van der Waals surface area contributed by atoms with Crippen molar-refractivity contribution in [3.8, 4) is 0 Å². The van der Waals surface area contributed by atoms with E-state index in [1.807, 2.05) is 0 Å². The van der Waals surface area contributed by atoms with Crippen molar-refractivity contribution in [3.63, 3.8) is 0 Å². The minimum Gasteiger partial charge on any atom is -0.480 e. The lowest BCUT2D eigenvalue weighted by atomic mass is 9.85. The standard InChI is InChI=1S/C14H25NO2/c1-2-3-7-13(14(16)17)15-10-9-11-6-4-5-8-12(11)15/h11-13H,2-10H2,1H3,(H,16,17). The van der Waals surface area contributed by atoms with E-state index in [0.29, 0.717) is 6.04 Å². The van der Waals surface area contributed by atoms with Crippen LogP contribution in [0.15, 0.2) is 0 Å².